The van der Waals surface area contributed by atoms with Crippen LogP contribution in [-0.2, 0) is 53.3 Å². The standard InChI is InChI=1S/C35H26N4O17S4.4Na/c40-29-15-25(59(51,52)53)11-19-9-23(57(45,46)47)13-27(31(19)29)38-33(42)17-3-1-5-21(7-17)36-35(44)37-22-6-2-4-18(8-22)34(43)39-28-14-24(58(48,49)50)10-20-12-26(60(54,55)56)16-30(41)32(20)28;;;;/h1-8,11-16,40-41H,9-10H2,(H2,36,37,44)(H,45,46,47)(H,48,49,50)(H,51,52,53)(H,54,55,56);;;;/q;4*+1/p-4. The van der Waals surface area contributed by atoms with Gasteiger partial charge in [0, 0.05) is 56.3 Å². The van der Waals surface area contributed by atoms with Gasteiger partial charge in [-0.2, -0.15) is 0 Å². The first-order chi connectivity index (χ1) is 27.8. The second kappa shape index (κ2) is 22.1. The number of urea groups is 1. The van der Waals surface area contributed by atoms with Gasteiger partial charge in [-0.05, 0) is 83.9 Å². The summed E-state index contributed by atoms with van der Waals surface area (Å²) in [6.07, 6.45) is -0.0371. The third kappa shape index (κ3) is 13.8. The van der Waals surface area contributed by atoms with Crippen molar-refractivity contribution in [3.8, 4) is 11.5 Å². The van der Waals surface area contributed by atoms with Crippen molar-refractivity contribution in [1.82, 2.24) is 0 Å². The van der Waals surface area contributed by atoms with Crippen LogP contribution in [0.3, 0.4) is 0 Å². The predicted molar refractivity (Wildman–Crippen MR) is 202 cm³/mol. The molecule has 2 aliphatic rings. The summed E-state index contributed by atoms with van der Waals surface area (Å²) in [7, 11) is -20.7. The number of anilines is 2. The minimum absolute atomic E-state index is 0. The number of phenolic OH excluding ortho intramolecular Hbond substituents is 2. The van der Waals surface area contributed by atoms with Crippen molar-refractivity contribution in [2.75, 3.05) is 10.6 Å². The molecule has 29 heteroatoms. The summed E-state index contributed by atoms with van der Waals surface area (Å²) in [4.78, 5) is 43.5. The zero-order valence-corrected chi connectivity index (χ0v) is 44.8. The second-order valence-electron chi connectivity index (χ2n) is 12.7. The van der Waals surface area contributed by atoms with Crippen LogP contribution in [0.15, 0.2) is 115 Å². The number of rotatable bonds is 8. The summed E-state index contributed by atoms with van der Waals surface area (Å²) in [6.45, 7) is 0. The van der Waals surface area contributed by atoms with Crippen LogP contribution < -0.4 is 129 Å². The molecule has 4 aromatic rings. The number of aromatic hydroxyl groups is 2. The van der Waals surface area contributed by atoms with E-state index in [1.807, 2.05) is 0 Å². The average molecular weight is 991 g/mol. The van der Waals surface area contributed by atoms with E-state index in [1.165, 1.54) is 36.4 Å². The summed E-state index contributed by atoms with van der Waals surface area (Å²) < 4.78 is 141. The third-order valence-corrected chi connectivity index (χ3v) is 12.0. The zero-order chi connectivity index (χ0) is 44.1. The molecule has 0 radical (unpaired) electrons. The molecule has 312 valence electrons. The minimum Gasteiger partial charge on any atom is -0.744 e. The molecule has 4 amide bonds. The Labute approximate surface area is 452 Å². The van der Waals surface area contributed by atoms with Crippen LogP contribution in [-0.4, -0.2) is 91.4 Å². The summed E-state index contributed by atoms with van der Waals surface area (Å²) in [5.41, 5.74) is -2.85. The Bertz CT molecular complexity index is 2980. The molecule has 0 heterocycles. The van der Waals surface area contributed by atoms with Crippen LogP contribution in [0.1, 0.15) is 43.0 Å². The Morgan fingerprint density at radius 1 is 0.516 bits per heavy atom. The van der Waals surface area contributed by atoms with Crippen LogP contribution >= 0.6 is 0 Å². The Hall–Kier alpha value is -2.45. The number of nitrogens with one attached hydrogen (secondary N) is 2. The van der Waals surface area contributed by atoms with Gasteiger partial charge < -0.3 is 39.1 Å². The molecule has 0 fully saturated rings. The van der Waals surface area contributed by atoms with Gasteiger partial charge in [-0.25, -0.2) is 48.5 Å². The Morgan fingerprint density at radius 2 is 0.859 bits per heavy atom. The van der Waals surface area contributed by atoms with E-state index >= 15 is 0 Å². The van der Waals surface area contributed by atoms with Gasteiger partial charge in [-0.1, -0.05) is 12.1 Å². The summed E-state index contributed by atoms with van der Waals surface area (Å²) in [5.74, 6) is -3.89. The smallest absolute Gasteiger partial charge is 0.744 e. The minimum atomic E-state index is -5.19. The first-order valence-corrected chi connectivity index (χ1v) is 21.9. The molecular formula is C35H22N4Na4O17S4. The number of nitrogens with zero attached hydrogens (tertiary/aromatic N) is 2. The van der Waals surface area contributed by atoms with Crippen LogP contribution in [0.4, 0.5) is 16.2 Å². The summed E-state index contributed by atoms with van der Waals surface area (Å²) >= 11 is 0. The fraction of sp³-hybridized carbons (Fsp3) is 0.0571. The van der Waals surface area contributed by atoms with Gasteiger partial charge in [0.15, 0.2) is 0 Å². The van der Waals surface area contributed by atoms with Crippen LogP contribution in [0.2, 0.25) is 0 Å². The van der Waals surface area contributed by atoms with E-state index < -0.39 is 114 Å². The molecule has 0 saturated carbocycles. The maximum atomic E-state index is 13.3. The zero-order valence-electron chi connectivity index (χ0n) is 33.5. The molecule has 6 rings (SSSR count). The van der Waals surface area contributed by atoms with Crippen molar-refractivity contribution >= 4 is 81.1 Å². The molecular weight excluding hydrogens is 969 g/mol. The van der Waals surface area contributed by atoms with Crippen molar-refractivity contribution in [2.45, 2.75) is 22.6 Å². The molecule has 0 spiro atoms. The van der Waals surface area contributed by atoms with Gasteiger partial charge in [-0.15, -0.1) is 0 Å². The molecule has 2 aliphatic carbocycles. The van der Waals surface area contributed by atoms with Gasteiger partial charge >= 0.3 is 124 Å². The van der Waals surface area contributed by atoms with E-state index in [0.717, 1.165) is 24.3 Å². The second-order valence-corrected chi connectivity index (χ2v) is 18.3. The maximum Gasteiger partial charge on any atom is 1.00 e. The maximum absolute atomic E-state index is 13.3. The monoisotopic (exact) mass is 990 g/mol. The van der Waals surface area contributed by atoms with Crippen molar-refractivity contribution in [1.29, 1.82) is 0 Å². The molecule has 4 aromatic carbocycles. The van der Waals surface area contributed by atoms with Crippen molar-refractivity contribution < 1.29 is 195 Å². The fourth-order valence-electron chi connectivity index (χ4n) is 6.00. The van der Waals surface area contributed by atoms with Gasteiger partial charge in [0.05, 0.1) is 21.2 Å². The molecule has 0 aromatic heterocycles. The first-order valence-electron chi connectivity index (χ1n) is 16.3. The van der Waals surface area contributed by atoms with Gasteiger partial charge in [0.2, 0.25) is 0 Å². The number of carbonyl (C=O) groups is 3. The summed E-state index contributed by atoms with van der Waals surface area (Å²) in [6, 6.07) is 11.7. The van der Waals surface area contributed by atoms with Crippen molar-refractivity contribution in [2.24, 2.45) is 9.98 Å². The van der Waals surface area contributed by atoms with E-state index in [1.54, 1.807) is 0 Å². The van der Waals surface area contributed by atoms with E-state index in [0.29, 0.717) is 24.3 Å². The van der Waals surface area contributed by atoms with Gasteiger partial charge in [-0.3, -0.25) is 9.59 Å². The van der Waals surface area contributed by atoms with Gasteiger partial charge in [0.25, 0.3) is 11.8 Å². The SMILES string of the molecule is O=C(Nc1cccc(C(=O)N=C2C=C(S(=O)(=O)[O-])Cc3cc(S(=O)(=O)[O-])cc(O)c32)c1)Nc1cccc(C(=O)N=C2C=C(S(=O)(=O)[O-])Cc3cc(S(=O)(=O)[O-])cc(O)c32)c1.[Na+].[Na+].[Na+].[Na+]. The Balaban J connectivity index is 0.00000352. The topological polar surface area (TPSA) is 369 Å². The number of benzene rings is 4. The van der Waals surface area contributed by atoms with Gasteiger partial charge in [0.1, 0.15) is 52.0 Å². The third-order valence-electron chi connectivity index (χ3n) is 8.58. The molecule has 0 saturated heterocycles. The molecule has 21 nitrogen and oxygen atoms in total. The number of carbonyl (C=O) groups excluding carboxylic acids is 3. The molecule has 0 bridgehead atoms. The fourth-order valence-corrected chi connectivity index (χ4v) is 8.26. The van der Waals surface area contributed by atoms with Crippen molar-refractivity contribution in [3.05, 3.63) is 128 Å². The largest absolute Gasteiger partial charge is 1.00 e. The quantitative estimate of drug-likeness (QED) is 0.0941. The van der Waals surface area contributed by atoms with Crippen LogP contribution in [0.5, 0.6) is 11.5 Å². The van der Waals surface area contributed by atoms with E-state index in [-0.39, 0.29) is 163 Å². The van der Waals surface area contributed by atoms with E-state index in [4.69, 9.17) is 0 Å². The number of hydrogen-bond acceptors (Lipinski definition) is 17. The Morgan fingerprint density at radius 3 is 1.17 bits per heavy atom. The molecule has 0 atom stereocenters. The van der Waals surface area contributed by atoms with E-state index in [2.05, 4.69) is 20.6 Å². The van der Waals surface area contributed by atoms with E-state index in [9.17, 15) is 76.5 Å². The molecule has 0 unspecified atom stereocenters. The number of phenols is 2. The molecule has 64 heavy (non-hydrogen) atoms. The number of allylic oxidation sites excluding steroid dienone is 4. The number of fused-ring (bicyclic) bond motifs is 2. The first kappa shape index (κ1) is 57.7. The molecule has 4 N–H and O–H groups in total. The molecule has 0 aliphatic heterocycles. The number of aliphatic imine (C=N–C) groups is 2. The van der Waals surface area contributed by atoms with Crippen LogP contribution in [0.25, 0.3) is 0 Å². The Kier molecular flexibility index (Phi) is 19.9. The predicted octanol–water partition coefficient (Wildman–Crippen LogP) is -10.2. The normalized spacial score (nSPS) is 14.7. The van der Waals surface area contributed by atoms with Crippen molar-refractivity contribution in [3.63, 3.8) is 0 Å². The van der Waals surface area contributed by atoms with Crippen LogP contribution in [0, 0.1) is 0 Å². The summed E-state index contributed by atoms with van der Waals surface area (Å²) in [5, 5.41) is 25.9. The average Bonchev–Trinajstić information content (AvgIpc) is 3.12. The number of hydrogen-bond donors (Lipinski definition) is 4. The number of amides is 4.